The molecule has 0 spiro atoms. The molecule has 0 aliphatic heterocycles. The summed E-state index contributed by atoms with van der Waals surface area (Å²) in [5, 5.41) is 19.7. The summed E-state index contributed by atoms with van der Waals surface area (Å²) >= 11 is 0. The van der Waals surface area contributed by atoms with E-state index in [1.165, 1.54) is 38.5 Å². The summed E-state index contributed by atoms with van der Waals surface area (Å²) in [6.45, 7) is 2.19. The smallest absolute Gasteiger partial charge is 1.00 e. The number of aliphatic carboxylic acids is 2. The summed E-state index contributed by atoms with van der Waals surface area (Å²) < 4.78 is 0. The standard InChI is InChI=1S/C16H29NO5.2Na.2H/c1-2-3-4-5-6-7-8-9-10-11-14(18)17-13(16(21)22)12-15(19)20;;;;/h13H,2-12H2,1H3,(H,17,18)(H,19,20)(H,21,22);;;;/q;2*+1;2*-1/t13-;;;;/m0..../s1. The van der Waals surface area contributed by atoms with E-state index >= 15 is 0 Å². The Kier molecular flexibility index (Phi) is 24.0. The third-order valence-electron chi connectivity index (χ3n) is 3.52. The summed E-state index contributed by atoms with van der Waals surface area (Å²) in [5.74, 6) is -2.95. The summed E-state index contributed by atoms with van der Waals surface area (Å²) in [6, 6.07) is -1.34. The van der Waals surface area contributed by atoms with Gasteiger partial charge in [0, 0.05) is 6.42 Å². The molecule has 3 N–H and O–H groups in total. The Morgan fingerprint density at radius 1 is 0.875 bits per heavy atom. The second-order valence-electron chi connectivity index (χ2n) is 5.63. The van der Waals surface area contributed by atoms with E-state index in [2.05, 4.69) is 12.2 Å². The Hall–Kier alpha value is 0.410. The van der Waals surface area contributed by atoms with Crippen LogP contribution in [0.2, 0.25) is 0 Å². The number of carboxylic acid groups (broad SMARTS) is 2. The maximum Gasteiger partial charge on any atom is 1.00 e. The third kappa shape index (κ3) is 18.7. The maximum absolute atomic E-state index is 11.6. The first-order valence-corrected chi connectivity index (χ1v) is 8.21. The first kappa shape index (κ1) is 29.2. The number of hydrogen-bond acceptors (Lipinski definition) is 3. The van der Waals surface area contributed by atoms with Gasteiger partial charge in [0.05, 0.1) is 6.42 Å². The second-order valence-corrected chi connectivity index (χ2v) is 5.63. The number of rotatable bonds is 14. The van der Waals surface area contributed by atoms with Gasteiger partial charge < -0.3 is 18.4 Å². The Bertz CT molecular complexity index is 364. The first-order chi connectivity index (χ1) is 10.5. The Morgan fingerprint density at radius 2 is 1.33 bits per heavy atom. The molecule has 132 valence electrons. The SMILES string of the molecule is CCCCCCCCCCCC(=O)N[C@@H](CC(=O)O)C(=O)O.[H-].[H-].[Na+].[Na+]. The van der Waals surface area contributed by atoms with E-state index in [0.29, 0.717) is 6.42 Å². The van der Waals surface area contributed by atoms with Gasteiger partial charge in [0.2, 0.25) is 5.91 Å². The summed E-state index contributed by atoms with van der Waals surface area (Å²) in [5.41, 5.74) is 0. The van der Waals surface area contributed by atoms with Gasteiger partial charge >= 0.3 is 71.1 Å². The van der Waals surface area contributed by atoms with Gasteiger partial charge in [-0.15, -0.1) is 0 Å². The molecule has 24 heavy (non-hydrogen) atoms. The largest absolute Gasteiger partial charge is 1.00 e. The van der Waals surface area contributed by atoms with E-state index in [1.54, 1.807) is 0 Å². The molecule has 0 aliphatic rings. The van der Waals surface area contributed by atoms with E-state index in [0.717, 1.165) is 12.8 Å². The van der Waals surface area contributed by atoms with Gasteiger partial charge in [0.15, 0.2) is 0 Å². The fourth-order valence-corrected chi connectivity index (χ4v) is 2.24. The summed E-state index contributed by atoms with van der Waals surface area (Å²) in [4.78, 5) is 32.9. The van der Waals surface area contributed by atoms with Gasteiger partial charge in [-0.25, -0.2) is 4.79 Å². The van der Waals surface area contributed by atoms with Crippen molar-refractivity contribution >= 4 is 17.8 Å². The first-order valence-electron chi connectivity index (χ1n) is 8.21. The van der Waals surface area contributed by atoms with Crippen LogP contribution >= 0.6 is 0 Å². The zero-order chi connectivity index (χ0) is 16.8. The van der Waals surface area contributed by atoms with Crippen LogP contribution in [-0.4, -0.2) is 34.1 Å². The number of carbonyl (C=O) groups is 3. The molecule has 0 fully saturated rings. The molecule has 0 aromatic heterocycles. The molecule has 1 amide bonds. The molecule has 0 unspecified atom stereocenters. The number of unbranched alkanes of at least 4 members (excludes halogenated alkanes) is 8. The second kappa shape index (κ2) is 19.7. The van der Waals surface area contributed by atoms with Gasteiger partial charge in [-0.3, -0.25) is 9.59 Å². The molecule has 0 aromatic carbocycles. The zero-order valence-electron chi connectivity index (χ0n) is 17.5. The van der Waals surface area contributed by atoms with E-state index in [4.69, 9.17) is 10.2 Å². The molecule has 0 radical (unpaired) electrons. The number of amides is 1. The summed E-state index contributed by atoms with van der Waals surface area (Å²) in [6.07, 6.45) is 9.87. The fraction of sp³-hybridized carbons (Fsp3) is 0.812. The van der Waals surface area contributed by atoms with Crippen molar-refractivity contribution in [2.45, 2.75) is 83.6 Å². The third-order valence-corrected chi connectivity index (χ3v) is 3.52. The minimum Gasteiger partial charge on any atom is -1.00 e. The molecule has 0 aliphatic carbocycles. The van der Waals surface area contributed by atoms with Crippen LogP contribution < -0.4 is 64.4 Å². The fourth-order valence-electron chi connectivity index (χ4n) is 2.24. The molecule has 6 nitrogen and oxygen atoms in total. The van der Waals surface area contributed by atoms with Crippen LogP contribution in [0.15, 0.2) is 0 Å². The van der Waals surface area contributed by atoms with Crippen LogP contribution in [0.3, 0.4) is 0 Å². The molecule has 0 heterocycles. The van der Waals surface area contributed by atoms with Crippen molar-refractivity contribution < 1.29 is 86.6 Å². The van der Waals surface area contributed by atoms with E-state index < -0.39 is 30.3 Å². The number of nitrogens with one attached hydrogen (secondary N) is 1. The van der Waals surface area contributed by atoms with Crippen molar-refractivity contribution in [1.29, 1.82) is 0 Å². The number of carbonyl (C=O) groups excluding carboxylic acids is 1. The van der Waals surface area contributed by atoms with Crippen LogP contribution in [-0.2, 0) is 14.4 Å². The quantitative estimate of drug-likeness (QED) is 0.228. The Morgan fingerprint density at radius 3 is 1.75 bits per heavy atom. The Balaban J connectivity index is -0.000000367. The van der Waals surface area contributed by atoms with Crippen LogP contribution in [0.1, 0.15) is 80.4 Å². The van der Waals surface area contributed by atoms with Crippen molar-refractivity contribution in [2.24, 2.45) is 0 Å². The van der Waals surface area contributed by atoms with Crippen LogP contribution in [0.4, 0.5) is 0 Å². The van der Waals surface area contributed by atoms with Gasteiger partial charge in [0.25, 0.3) is 0 Å². The molecular weight excluding hydrogens is 332 g/mol. The van der Waals surface area contributed by atoms with Gasteiger partial charge in [-0.2, -0.15) is 0 Å². The van der Waals surface area contributed by atoms with Crippen LogP contribution in [0.5, 0.6) is 0 Å². The predicted molar refractivity (Wildman–Crippen MR) is 85.9 cm³/mol. The van der Waals surface area contributed by atoms with Crippen LogP contribution in [0, 0.1) is 0 Å². The van der Waals surface area contributed by atoms with E-state index in [1.807, 2.05) is 0 Å². The monoisotopic (exact) mass is 363 g/mol. The molecule has 0 bridgehead atoms. The molecule has 0 rings (SSSR count). The zero-order valence-corrected chi connectivity index (χ0v) is 19.5. The van der Waals surface area contributed by atoms with Gasteiger partial charge in [0.1, 0.15) is 6.04 Å². The average molecular weight is 363 g/mol. The van der Waals surface area contributed by atoms with Gasteiger partial charge in [-0.05, 0) is 6.42 Å². The van der Waals surface area contributed by atoms with Crippen molar-refractivity contribution in [3.63, 3.8) is 0 Å². The van der Waals surface area contributed by atoms with Crippen molar-refractivity contribution in [3.8, 4) is 0 Å². The molecule has 0 aromatic rings. The predicted octanol–water partition coefficient (Wildman–Crippen LogP) is -2.82. The number of hydrogen-bond donors (Lipinski definition) is 3. The van der Waals surface area contributed by atoms with Crippen molar-refractivity contribution in [3.05, 3.63) is 0 Å². The maximum atomic E-state index is 11.6. The molecule has 8 heteroatoms. The molecule has 1 atom stereocenters. The number of carboxylic acids is 2. The molecule has 0 saturated heterocycles. The van der Waals surface area contributed by atoms with Crippen molar-refractivity contribution in [2.75, 3.05) is 0 Å². The minimum atomic E-state index is -1.34. The molecule has 0 saturated carbocycles. The van der Waals surface area contributed by atoms with E-state index in [-0.39, 0.29) is 68.4 Å². The summed E-state index contributed by atoms with van der Waals surface area (Å²) in [7, 11) is 0. The Labute approximate surface area is 192 Å². The average Bonchev–Trinajstić information content (AvgIpc) is 2.44. The van der Waals surface area contributed by atoms with E-state index in [9.17, 15) is 14.4 Å². The topological polar surface area (TPSA) is 104 Å². The van der Waals surface area contributed by atoms with Crippen molar-refractivity contribution in [1.82, 2.24) is 5.32 Å². The van der Waals surface area contributed by atoms with Crippen LogP contribution in [0.25, 0.3) is 0 Å². The normalized spacial score (nSPS) is 10.9. The van der Waals surface area contributed by atoms with Gasteiger partial charge in [-0.1, -0.05) is 58.3 Å². The minimum absolute atomic E-state index is 0. The molecular formula is C16H31NNa2O5.